The van der Waals surface area contributed by atoms with Crippen molar-refractivity contribution in [2.75, 3.05) is 17.2 Å². The molecule has 3 rings (SSSR count). The molecular weight excluding hydrogens is 322 g/mol. The Kier molecular flexibility index (Phi) is 4.85. The lowest BCUT2D eigenvalue weighted by Gasteiger charge is -2.28. The molecule has 6 heteroatoms. The van der Waals surface area contributed by atoms with Crippen LogP contribution in [0.4, 0.5) is 5.69 Å². The number of thioether (sulfide) groups is 1. The lowest BCUT2D eigenvalue weighted by atomic mass is 10.2. The van der Waals surface area contributed by atoms with Crippen LogP contribution in [-0.4, -0.2) is 34.7 Å². The van der Waals surface area contributed by atoms with E-state index in [0.717, 1.165) is 10.6 Å². The summed E-state index contributed by atoms with van der Waals surface area (Å²) in [4.78, 5) is 32.1. The van der Waals surface area contributed by atoms with E-state index in [-0.39, 0.29) is 24.4 Å². The highest BCUT2D eigenvalue weighted by atomic mass is 32.2. The number of anilines is 1. The van der Waals surface area contributed by atoms with Crippen LogP contribution in [0.3, 0.4) is 0 Å². The third-order valence-corrected chi connectivity index (χ3v) is 4.65. The minimum Gasteiger partial charge on any atom is -0.301 e. The third-order valence-electron chi connectivity index (χ3n) is 3.60. The van der Waals surface area contributed by atoms with Gasteiger partial charge in [0.05, 0.1) is 11.4 Å². The van der Waals surface area contributed by atoms with E-state index in [1.165, 1.54) is 16.3 Å². The first-order valence-corrected chi connectivity index (χ1v) is 8.82. The Balaban J connectivity index is 1.93. The maximum atomic E-state index is 12.8. The number of fused-ring (bicyclic) bond motifs is 1. The Morgan fingerprint density at radius 3 is 2.75 bits per heavy atom. The first kappa shape index (κ1) is 16.5. The number of benzene rings is 1. The van der Waals surface area contributed by atoms with Gasteiger partial charge in [0, 0.05) is 17.1 Å². The van der Waals surface area contributed by atoms with Gasteiger partial charge < -0.3 is 4.90 Å². The maximum absolute atomic E-state index is 12.8. The molecule has 2 aromatic rings. The van der Waals surface area contributed by atoms with Gasteiger partial charge in [-0.15, -0.1) is 11.8 Å². The second kappa shape index (κ2) is 7.05. The van der Waals surface area contributed by atoms with Crippen molar-refractivity contribution in [3.05, 3.63) is 54.1 Å². The number of carbonyl (C=O) groups excluding carboxylic acids is 2. The topological polar surface area (TPSA) is 54.7 Å². The zero-order valence-corrected chi connectivity index (χ0v) is 14.5. The summed E-state index contributed by atoms with van der Waals surface area (Å²) in [5, 5.41) is 0. The van der Waals surface area contributed by atoms with Crippen LogP contribution in [0, 0.1) is 0 Å². The summed E-state index contributed by atoms with van der Waals surface area (Å²) in [6.45, 7) is 3.93. The number of rotatable bonds is 3. The molecule has 0 radical (unpaired) electrons. The van der Waals surface area contributed by atoms with Crippen LogP contribution in [0.1, 0.15) is 18.6 Å². The SMILES string of the molecule is CC(C)N=c1ccccn1C(=O)CN1C(=O)CSc2ccccc21. The normalized spacial score (nSPS) is 14.9. The maximum Gasteiger partial charge on any atom is 0.252 e. The molecule has 0 unspecified atom stereocenters. The van der Waals surface area contributed by atoms with Crippen LogP contribution in [0.5, 0.6) is 0 Å². The van der Waals surface area contributed by atoms with Crippen molar-refractivity contribution in [2.24, 2.45) is 4.99 Å². The highest BCUT2D eigenvalue weighted by Gasteiger charge is 2.26. The van der Waals surface area contributed by atoms with Crippen molar-refractivity contribution in [3.63, 3.8) is 0 Å². The smallest absolute Gasteiger partial charge is 0.252 e. The van der Waals surface area contributed by atoms with E-state index in [9.17, 15) is 9.59 Å². The molecule has 0 saturated carbocycles. The fraction of sp³-hybridized carbons (Fsp3) is 0.278. The van der Waals surface area contributed by atoms with Gasteiger partial charge in [0.2, 0.25) is 5.91 Å². The van der Waals surface area contributed by atoms with Gasteiger partial charge in [0.15, 0.2) is 0 Å². The van der Waals surface area contributed by atoms with Gasteiger partial charge in [-0.3, -0.25) is 19.1 Å². The van der Waals surface area contributed by atoms with Crippen molar-refractivity contribution in [3.8, 4) is 0 Å². The minimum absolute atomic E-state index is 0.00566. The number of pyridine rings is 1. The molecule has 1 aromatic heterocycles. The Hall–Kier alpha value is -2.34. The first-order chi connectivity index (χ1) is 11.6. The first-order valence-electron chi connectivity index (χ1n) is 7.83. The van der Waals surface area contributed by atoms with Gasteiger partial charge in [-0.05, 0) is 38.1 Å². The fourth-order valence-corrected chi connectivity index (χ4v) is 3.49. The Morgan fingerprint density at radius 1 is 1.21 bits per heavy atom. The Bertz CT molecular complexity index is 842. The molecule has 1 aromatic carbocycles. The molecule has 124 valence electrons. The van der Waals surface area contributed by atoms with Crippen LogP contribution in [0.2, 0.25) is 0 Å². The number of para-hydroxylation sites is 1. The van der Waals surface area contributed by atoms with Crippen molar-refractivity contribution >= 4 is 29.3 Å². The zero-order valence-electron chi connectivity index (χ0n) is 13.7. The van der Waals surface area contributed by atoms with Crippen molar-refractivity contribution in [2.45, 2.75) is 24.8 Å². The highest BCUT2D eigenvalue weighted by Crippen LogP contribution is 2.34. The Labute approximate surface area is 145 Å². The summed E-state index contributed by atoms with van der Waals surface area (Å²) in [6, 6.07) is 13.2. The van der Waals surface area contributed by atoms with Crippen molar-refractivity contribution < 1.29 is 9.59 Å². The minimum atomic E-state index is -0.176. The Morgan fingerprint density at radius 2 is 1.96 bits per heavy atom. The monoisotopic (exact) mass is 341 g/mol. The van der Waals surface area contributed by atoms with Crippen molar-refractivity contribution in [1.29, 1.82) is 0 Å². The largest absolute Gasteiger partial charge is 0.301 e. The standard InChI is InChI=1S/C18H19N3O2S/c1-13(2)19-16-9-5-6-10-20(16)17(22)11-21-14-7-3-4-8-15(14)24-12-18(21)23/h3-10,13H,11-12H2,1-2H3. The number of amides is 1. The molecule has 2 heterocycles. The number of carbonyl (C=O) groups is 2. The van der Waals surface area contributed by atoms with E-state index in [2.05, 4.69) is 4.99 Å². The average Bonchev–Trinajstić information content (AvgIpc) is 2.57. The van der Waals surface area contributed by atoms with E-state index in [1.54, 1.807) is 23.2 Å². The molecular formula is C18H19N3O2S. The van der Waals surface area contributed by atoms with E-state index >= 15 is 0 Å². The van der Waals surface area contributed by atoms with Crippen LogP contribution >= 0.6 is 11.8 Å². The molecule has 1 amide bonds. The molecule has 0 spiro atoms. The van der Waals surface area contributed by atoms with Gasteiger partial charge in [-0.25, -0.2) is 0 Å². The summed E-state index contributed by atoms with van der Waals surface area (Å²) in [6.07, 6.45) is 1.69. The molecule has 0 aliphatic carbocycles. The second-order valence-electron chi connectivity index (χ2n) is 5.78. The number of aromatic nitrogens is 1. The molecule has 5 nitrogen and oxygen atoms in total. The molecule has 24 heavy (non-hydrogen) atoms. The molecule has 0 N–H and O–H groups in total. The zero-order chi connectivity index (χ0) is 17.1. The van der Waals surface area contributed by atoms with Crippen LogP contribution in [0.25, 0.3) is 0 Å². The molecule has 1 aliphatic rings. The van der Waals surface area contributed by atoms with Crippen LogP contribution in [0.15, 0.2) is 58.5 Å². The quantitative estimate of drug-likeness (QED) is 0.862. The average molecular weight is 341 g/mol. The lowest BCUT2D eigenvalue weighted by molar-refractivity contribution is -0.116. The third kappa shape index (κ3) is 3.43. The van der Waals surface area contributed by atoms with E-state index in [4.69, 9.17) is 0 Å². The summed E-state index contributed by atoms with van der Waals surface area (Å²) in [5.41, 5.74) is 1.40. The number of nitrogens with zero attached hydrogens (tertiary/aromatic N) is 3. The predicted octanol–water partition coefficient (Wildman–Crippen LogP) is 2.58. The van der Waals surface area contributed by atoms with Crippen molar-refractivity contribution in [1.82, 2.24) is 4.57 Å². The van der Waals surface area contributed by atoms with E-state index in [1.807, 2.05) is 44.2 Å². The predicted molar refractivity (Wildman–Crippen MR) is 95.3 cm³/mol. The summed E-state index contributed by atoms with van der Waals surface area (Å²) in [7, 11) is 0. The van der Waals surface area contributed by atoms with E-state index < -0.39 is 0 Å². The number of hydrogen-bond donors (Lipinski definition) is 0. The molecule has 0 atom stereocenters. The molecule has 0 saturated heterocycles. The second-order valence-corrected chi connectivity index (χ2v) is 6.80. The molecule has 1 aliphatic heterocycles. The fourth-order valence-electron chi connectivity index (χ4n) is 2.55. The van der Waals surface area contributed by atoms with Crippen LogP contribution < -0.4 is 10.4 Å². The molecule has 0 bridgehead atoms. The summed E-state index contributed by atoms with van der Waals surface area (Å²) < 4.78 is 1.51. The van der Waals surface area contributed by atoms with Gasteiger partial charge in [-0.2, -0.15) is 0 Å². The van der Waals surface area contributed by atoms with E-state index in [0.29, 0.717) is 11.2 Å². The van der Waals surface area contributed by atoms with Gasteiger partial charge in [0.25, 0.3) is 5.91 Å². The van der Waals surface area contributed by atoms with Gasteiger partial charge in [-0.1, -0.05) is 18.2 Å². The van der Waals surface area contributed by atoms with Crippen LogP contribution in [-0.2, 0) is 4.79 Å². The highest BCUT2D eigenvalue weighted by molar-refractivity contribution is 8.00. The molecule has 0 fully saturated rings. The number of hydrogen-bond acceptors (Lipinski definition) is 4. The van der Waals surface area contributed by atoms with Gasteiger partial charge in [0.1, 0.15) is 12.0 Å². The summed E-state index contributed by atoms with van der Waals surface area (Å²) >= 11 is 1.51. The summed E-state index contributed by atoms with van der Waals surface area (Å²) in [5.74, 6) is 0.128. The lowest BCUT2D eigenvalue weighted by Crippen LogP contribution is -2.43. The van der Waals surface area contributed by atoms with Gasteiger partial charge >= 0.3 is 0 Å².